The fraction of sp³-hybridized carbons (Fsp3) is 0.318. The number of hydrazone groups is 1. The Morgan fingerprint density at radius 2 is 1.79 bits per heavy atom. The molecule has 28 heavy (non-hydrogen) atoms. The first-order valence-electron chi connectivity index (χ1n) is 9.57. The van der Waals surface area contributed by atoms with Gasteiger partial charge >= 0.3 is 0 Å². The number of hydrogen-bond donors (Lipinski definition) is 2. The Hall–Kier alpha value is -2.47. The van der Waals surface area contributed by atoms with Crippen molar-refractivity contribution in [3.8, 4) is 0 Å². The summed E-state index contributed by atoms with van der Waals surface area (Å²) >= 11 is 3.39. The topological polar surface area (TPSA) is 70.6 Å². The average molecular weight is 444 g/mol. The molecular weight excluding hydrogens is 418 g/mol. The molecule has 2 rings (SSSR count). The maximum atomic E-state index is 12.1. The number of nitrogens with zero attached hydrogens (tertiary/aromatic N) is 1. The highest BCUT2D eigenvalue weighted by Gasteiger charge is 2.06. The molecule has 0 aliphatic heterocycles. The number of rotatable bonds is 10. The summed E-state index contributed by atoms with van der Waals surface area (Å²) in [6.45, 7) is 2.17. The van der Waals surface area contributed by atoms with E-state index in [-0.39, 0.29) is 11.8 Å². The summed E-state index contributed by atoms with van der Waals surface area (Å²) < 4.78 is 0.946. The van der Waals surface area contributed by atoms with E-state index in [1.54, 1.807) is 30.5 Å². The van der Waals surface area contributed by atoms with E-state index >= 15 is 0 Å². The van der Waals surface area contributed by atoms with Crippen LogP contribution in [0.25, 0.3) is 0 Å². The molecule has 0 radical (unpaired) electrons. The lowest BCUT2D eigenvalue weighted by Gasteiger charge is -2.06. The molecule has 0 atom stereocenters. The van der Waals surface area contributed by atoms with Crippen LogP contribution in [0.4, 0.5) is 5.69 Å². The maximum Gasteiger partial charge on any atom is 0.271 e. The lowest BCUT2D eigenvalue weighted by molar-refractivity contribution is -0.116. The molecule has 2 aromatic carbocycles. The summed E-state index contributed by atoms with van der Waals surface area (Å²) in [5.74, 6) is -0.299. The lowest BCUT2D eigenvalue weighted by Crippen LogP contribution is -2.17. The fourth-order valence-electron chi connectivity index (χ4n) is 2.63. The molecule has 2 amide bonds. The molecular formula is C22H26BrN3O2. The quantitative estimate of drug-likeness (QED) is 0.288. The van der Waals surface area contributed by atoms with Crippen LogP contribution in [0, 0.1) is 0 Å². The van der Waals surface area contributed by atoms with Gasteiger partial charge in [-0.25, -0.2) is 5.43 Å². The number of benzene rings is 2. The van der Waals surface area contributed by atoms with E-state index in [0.29, 0.717) is 17.7 Å². The number of carbonyl (C=O) groups excluding carboxylic acids is 2. The molecule has 2 aromatic rings. The average Bonchev–Trinajstić information content (AvgIpc) is 2.68. The third kappa shape index (κ3) is 8.05. The molecule has 0 fully saturated rings. The predicted molar refractivity (Wildman–Crippen MR) is 118 cm³/mol. The van der Waals surface area contributed by atoms with Gasteiger partial charge in [-0.2, -0.15) is 5.10 Å². The van der Waals surface area contributed by atoms with Crippen molar-refractivity contribution < 1.29 is 9.59 Å². The molecule has 0 saturated carbocycles. The Morgan fingerprint density at radius 3 is 2.50 bits per heavy atom. The number of hydrogen-bond acceptors (Lipinski definition) is 3. The molecule has 2 N–H and O–H groups in total. The highest BCUT2D eigenvalue weighted by atomic mass is 79.9. The van der Waals surface area contributed by atoms with E-state index in [0.717, 1.165) is 22.9 Å². The molecule has 0 bridgehead atoms. The van der Waals surface area contributed by atoms with Crippen LogP contribution in [-0.2, 0) is 4.79 Å². The van der Waals surface area contributed by atoms with Gasteiger partial charge in [-0.15, -0.1) is 0 Å². The molecule has 0 heterocycles. The minimum Gasteiger partial charge on any atom is -0.326 e. The van der Waals surface area contributed by atoms with Crippen molar-refractivity contribution >= 4 is 39.6 Å². The predicted octanol–water partition coefficient (Wildman–Crippen LogP) is 5.51. The Morgan fingerprint density at radius 1 is 1.04 bits per heavy atom. The number of amides is 2. The van der Waals surface area contributed by atoms with Crippen LogP contribution in [0.2, 0.25) is 0 Å². The summed E-state index contributed by atoms with van der Waals surface area (Å²) in [7, 11) is 0. The second-order valence-electron chi connectivity index (χ2n) is 6.54. The van der Waals surface area contributed by atoms with Gasteiger partial charge in [-0.1, -0.05) is 60.7 Å². The minimum absolute atomic E-state index is 0.00678. The van der Waals surface area contributed by atoms with Crippen LogP contribution >= 0.6 is 15.9 Å². The van der Waals surface area contributed by atoms with Crippen LogP contribution in [0.1, 0.15) is 61.4 Å². The van der Waals surface area contributed by atoms with Gasteiger partial charge in [0, 0.05) is 22.1 Å². The zero-order chi connectivity index (χ0) is 20.2. The first kappa shape index (κ1) is 21.8. The van der Waals surface area contributed by atoms with Gasteiger partial charge in [-0.3, -0.25) is 9.59 Å². The molecule has 148 valence electrons. The molecule has 0 aliphatic carbocycles. The van der Waals surface area contributed by atoms with Crippen molar-refractivity contribution in [3.63, 3.8) is 0 Å². The highest BCUT2D eigenvalue weighted by Crippen LogP contribution is 2.12. The smallest absolute Gasteiger partial charge is 0.271 e. The van der Waals surface area contributed by atoms with Gasteiger partial charge < -0.3 is 5.32 Å². The Labute approximate surface area is 174 Å². The highest BCUT2D eigenvalue weighted by molar-refractivity contribution is 9.10. The van der Waals surface area contributed by atoms with Gasteiger partial charge in [0.25, 0.3) is 5.91 Å². The van der Waals surface area contributed by atoms with Gasteiger partial charge in [-0.05, 0) is 48.4 Å². The first-order chi connectivity index (χ1) is 13.6. The zero-order valence-corrected chi connectivity index (χ0v) is 17.7. The van der Waals surface area contributed by atoms with Crippen molar-refractivity contribution in [3.05, 3.63) is 64.1 Å². The Balaban J connectivity index is 1.78. The largest absolute Gasteiger partial charge is 0.326 e. The van der Waals surface area contributed by atoms with E-state index in [1.165, 1.54) is 19.3 Å². The molecule has 6 heteroatoms. The van der Waals surface area contributed by atoms with Crippen molar-refractivity contribution in [2.75, 3.05) is 5.32 Å². The van der Waals surface area contributed by atoms with E-state index < -0.39 is 0 Å². The molecule has 5 nitrogen and oxygen atoms in total. The minimum atomic E-state index is -0.306. The number of unbranched alkanes of at least 4 members (excludes halogenated alkanes) is 4. The summed E-state index contributed by atoms with van der Waals surface area (Å²) in [6, 6.07) is 14.4. The third-order valence-electron chi connectivity index (χ3n) is 4.17. The second kappa shape index (κ2) is 12.1. The lowest BCUT2D eigenvalue weighted by atomic mass is 10.1. The normalized spacial score (nSPS) is 10.8. The van der Waals surface area contributed by atoms with E-state index in [4.69, 9.17) is 0 Å². The molecule has 0 saturated heterocycles. The van der Waals surface area contributed by atoms with Crippen LogP contribution < -0.4 is 10.7 Å². The summed E-state index contributed by atoms with van der Waals surface area (Å²) in [5, 5.41) is 6.83. The monoisotopic (exact) mass is 443 g/mol. The molecule has 0 aliphatic rings. The third-order valence-corrected chi connectivity index (χ3v) is 4.66. The van der Waals surface area contributed by atoms with E-state index in [1.807, 2.05) is 24.3 Å². The van der Waals surface area contributed by atoms with Crippen molar-refractivity contribution in [1.29, 1.82) is 0 Å². The first-order valence-corrected chi connectivity index (χ1v) is 10.4. The van der Waals surface area contributed by atoms with Crippen LogP contribution in [0.3, 0.4) is 0 Å². The molecule has 0 unspecified atom stereocenters. The van der Waals surface area contributed by atoms with Crippen LogP contribution in [0.15, 0.2) is 58.1 Å². The summed E-state index contributed by atoms with van der Waals surface area (Å²) in [6.07, 6.45) is 7.69. The van der Waals surface area contributed by atoms with Gasteiger partial charge in [0.2, 0.25) is 5.91 Å². The SMILES string of the molecule is CCCCCCCC(=O)Nc1ccc(C(=O)NN=Cc2cccc(Br)c2)cc1. The number of anilines is 1. The second-order valence-corrected chi connectivity index (χ2v) is 7.46. The standard InChI is InChI=1S/C22H26BrN3O2/c1-2-3-4-5-6-10-21(27)25-20-13-11-18(12-14-20)22(28)26-24-16-17-8-7-9-19(23)15-17/h7-9,11-16H,2-6,10H2,1H3,(H,25,27)(H,26,28). The van der Waals surface area contributed by atoms with Crippen molar-refractivity contribution in [2.45, 2.75) is 45.4 Å². The van der Waals surface area contributed by atoms with E-state index in [2.05, 4.69) is 38.7 Å². The molecule has 0 aromatic heterocycles. The van der Waals surface area contributed by atoms with Crippen molar-refractivity contribution in [1.82, 2.24) is 5.43 Å². The zero-order valence-electron chi connectivity index (χ0n) is 16.1. The van der Waals surface area contributed by atoms with Gasteiger partial charge in [0.15, 0.2) is 0 Å². The maximum absolute atomic E-state index is 12.1. The van der Waals surface area contributed by atoms with Crippen LogP contribution in [0.5, 0.6) is 0 Å². The van der Waals surface area contributed by atoms with Crippen molar-refractivity contribution in [2.24, 2.45) is 5.10 Å². The number of halogens is 1. The van der Waals surface area contributed by atoms with Crippen LogP contribution in [-0.4, -0.2) is 18.0 Å². The number of carbonyl (C=O) groups is 2. The Kier molecular flexibility index (Phi) is 9.42. The van der Waals surface area contributed by atoms with E-state index in [9.17, 15) is 9.59 Å². The molecule has 0 spiro atoms. The Bertz CT molecular complexity index is 804. The summed E-state index contributed by atoms with van der Waals surface area (Å²) in [5.41, 5.74) is 4.54. The fourth-order valence-corrected chi connectivity index (χ4v) is 3.05. The number of nitrogens with one attached hydrogen (secondary N) is 2. The summed E-state index contributed by atoms with van der Waals surface area (Å²) in [4.78, 5) is 24.1. The van der Waals surface area contributed by atoms with Gasteiger partial charge in [0.05, 0.1) is 6.21 Å². The van der Waals surface area contributed by atoms with Gasteiger partial charge in [0.1, 0.15) is 0 Å².